The molecule has 94 valence electrons. The summed E-state index contributed by atoms with van der Waals surface area (Å²) >= 11 is 0. The van der Waals surface area contributed by atoms with E-state index in [9.17, 15) is 14.9 Å². The van der Waals surface area contributed by atoms with Gasteiger partial charge in [-0.3, -0.25) is 9.55 Å². The van der Waals surface area contributed by atoms with Gasteiger partial charge in [0.15, 0.2) is 0 Å². The van der Waals surface area contributed by atoms with E-state index in [2.05, 4.69) is 9.97 Å². The third-order valence-electron chi connectivity index (χ3n) is 2.96. The number of pyridine rings is 1. The Bertz CT molecular complexity index is 670. The Labute approximate surface area is 100 Å². The van der Waals surface area contributed by atoms with Crippen LogP contribution in [0, 0.1) is 16.0 Å². The molecule has 0 amide bonds. The van der Waals surface area contributed by atoms with Gasteiger partial charge >= 0.3 is 11.5 Å². The molecule has 0 aromatic carbocycles. The van der Waals surface area contributed by atoms with Crippen LogP contribution in [-0.2, 0) is 11.3 Å². The highest BCUT2D eigenvalue weighted by Crippen LogP contribution is 2.17. The average molecular weight is 250 g/mol. The van der Waals surface area contributed by atoms with Crippen molar-refractivity contribution < 1.29 is 9.66 Å². The molecule has 0 radical (unpaired) electrons. The van der Waals surface area contributed by atoms with Gasteiger partial charge in [0.1, 0.15) is 5.52 Å². The summed E-state index contributed by atoms with van der Waals surface area (Å²) in [6.07, 6.45) is 0. The summed E-state index contributed by atoms with van der Waals surface area (Å²) in [4.78, 5) is 28.1. The van der Waals surface area contributed by atoms with Crippen molar-refractivity contribution in [3.63, 3.8) is 0 Å². The largest absolute Gasteiger partial charge is 0.381 e. The van der Waals surface area contributed by atoms with Gasteiger partial charge < -0.3 is 14.9 Å². The number of H-pyrrole nitrogens is 1. The van der Waals surface area contributed by atoms with E-state index >= 15 is 0 Å². The van der Waals surface area contributed by atoms with Crippen LogP contribution in [0.2, 0.25) is 0 Å². The summed E-state index contributed by atoms with van der Waals surface area (Å²) in [7, 11) is 0. The minimum Gasteiger partial charge on any atom is -0.381 e. The van der Waals surface area contributed by atoms with Crippen LogP contribution >= 0.6 is 0 Å². The molecule has 8 nitrogen and oxygen atoms in total. The first kappa shape index (κ1) is 10.9. The molecular weight excluding hydrogens is 240 g/mol. The van der Waals surface area contributed by atoms with E-state index in [0.29, 0.717) is 31.2 Å². The van der Waals surface area contributed by atoms with Crippen molar-refractivity contribution in [3.05, 3.63) is 32.7 Å². The van der Waals surface area contributed by atoms with Gasteiger partial charge in [-0.25, -0.2) is 4.79 Å². The molecular formula is C10H10N4O4. The van der Waals surface area contributed by atoms with Gasteiger partial charge in [0.25, 0.3) is 5.65 Å². The maximum Gasteiger partial charge on any atom is 0.366 e. The van der Waals surface area contributed by atoms with E-state index in [1.165, 1.54) is 12.1 Å². The van der Waals surface area contributed by atoms with Crippen LogP contribution in [0.15, 0.2) is 16.9 Å². The number of hydrogen-bond acceptors (Lipinski definition) is 5. The molecule has 1 aliphatic rings. The molecule has 1 fully saturated rings. The van der Waals surface area contributed by atoms with E-state index in [-0.39, 0.29) is 17.2 Å². The molecule has 0 atom stereocenters. The first-order valence-corrected chi connectivity index (χ1v) is 5.47. The summed E-state index contributed by atoms with van der Waals surface area (Å²) in [6.45, 7) is 1.82. The zero-order valence-corrected chi connectivity index (χ0v) is 9.33. The Balaban J connectivity index is 2.06. The van der Waals surface area contributed by atoms with Crippen LogP contribution in [-0.4, -0.2) is 32.7 Å². The van der Waals surface area contributed by atoms with Gasteiger partial charge in [0.2, 0.25) is 0 Å². The van der Waals surface area contributed by atoms with E-state index < -0.39 is 4.92 Å². The second-order valence-electron chi connectivity index (χ2n) is 4.24. The maximum absolute atomic E-state index is 11.8. The summed E-state index contributed by atoms with van der Waals surface area (Å²) in [6, 6.07) is 2.83. The molecule has 3 rings (SSSR count). The van der Waals surface area contributed by atoms with Crippen LogP contribution in [0.3, 0.4) is 0 Å². The molecule has 2 aromatic heterocycles. The Morgan fingerprint density at radius 1 is 1.56 bits per heavy atom. The molecule has 1 aliphatic heterocycles. The summed E-state index contributed by atoms with van der Waals surface area (Å²) in [5.41, 5.74) is 0.525. The minimum atomic E-state index is -0.588. The molecule has 0 unspecified atom stereocenters. The lowest BCUT2D eigenvalue weighted by molar-refractivity contribution is -0.389. The summed E-state index contributed by atoms with van der Waals surface area (Å²) < 4.78 is 6.60. The smallest absolute Gasteiger partial charge is 0.366 e. The predicted octanol–water partition coefficient (Wildman–Crippen LogP) is 0.279. The molecule has 0 saturated carbocycles. The normalized spacial score (nSPS) is 15.8. The lowest BCUT2D eigenvalue weighted by Crippen LogP contribution is -2.34. The van der Waals surface area contributed by atoms with E-state index in [1.54, 1.807) is 4.57 Å². The monoisotopic (exact) mass is 250 g/mol. The Morgan fingerprint density at radius 2 is 2.33 bits per heavy atom. The fraction of sp³-hybridized carbons (Fsp3) is 0.400. The average Bonchev–Trinajstić information content (AvgIpc) is 2.58. The zero-order chi connectivity index (χ0) is 12.7. The molecule has 0 bridgehead atoms. The number of ether oxygens (including phenoxy) is 1. The van der Waals surface area contributed by atoms with Gasteiger partial charge in [-0.2, -0.15) is 0 Å². The van der Waals surface area contributed by atoms with Crippen molar-refractivity contribution in [2.45, 2.75) is 6.54 Å². The number of fused-ring (bicyclic) bond motifs is 1. The lowest BCUT2D eigenvalue weighted by atomic mass is 10.1. The predicted molar refractivity (Wildman–Crippen MR) is 61.3 cm³/mol. The molecule has 1 N–H and O–H groups in total. The van der Waals surface area contributed by atoms with Gasteiger partial charge in [0.05, 0.1) is 13.2 Å². The topological polar surface area (TPSA) is 103 Å². The van der Waals surface area contributed by atoms with Crippen molar-refractivity contribution in [2.75, 3.05) is 13.2 Å². The van der Waals surface area contributed by atoms with Crippen LogP contribution in [0.4, 0.5) is 5.82 Å². The van der Waals surface area contributed by atoms with E-state index in [1.807, 2.05) is 0 Å². The number of imidazole rings is 1. The fourth-order valence-electron chi connectivity index (χ4n) is 1.96. The first-order valence-electron chi connectivity index (χ1n) is 5.47. The first-order chi connectivity index (χ1) is 8.65. The number of nitrogens with zero attached hydrogens (tertiary/aromatic N) is 3. The van der Waals surface area contributed by atoms with Crippen LogP contribution in [0.25, 0.3) is 11.2 Å². The third kappa shape index (κ3) is 1.66. The fourth-order valence-corrected chi connectivity index (χ4v) is 1.96. The summed E-state index contributed by atoms with van der Waals surface area (Å²) in [5.74, 6) is 0.0415. The highest BCUT2D eigenvalue weighted by Gasteiger charge is 2.22. The molecule has 3 heterocycles. The van der Waals surface area contributed by atoms with Gasteiger partial charge in [-0.05, 0) is 16.0 Å². The highest BCUT2D eigenvalue weighted by molar-refractivity contribution is 5.72. The van der Waals surface area contributed by atoms with Gasteiger partial charge in [0, 0.05) is 18.5 Å². The maximum atomic E-state index is 11.8. The summed E-state index contributed by atoms with van der Waals surface area (Å²) in [5, 5.41) is 10.6. The quantitative estimate of drug-likeness (QED) is 0.622. The molecule has 0 spiro atoms. The van der Waals surface area contributed by atoms with E-state index in [0.717, 1.165) is 0 Å². The zero-order valence-electron chi connectivity index (χ0n) is 9.33. The second-order valence-corrected chi connectivity index (χ2v) is 4.24. The Hall–Kier alpha value is -2.22. The van der Waals surface area contributed by atoms with Crippen LogP contribution < -0.4 is 5.69 Å². The van der Waals surface area contributed by atoms with Crippen LogP contribution in [0.1, 0.15) is 0 Å². The number of aromatic amines is 1. The molecule has 18 heavy (non-hydrogen) atoms. The molecule has 1 saturated heterocycles. The number of aromatic nitrogens is 3. The van der Waals surface area contributed by atoms with Gasteiger partial charge in [-0.15, -0.1) is 0 Å². The number of rotatable bonds is 3. The lowest BCUT2D eigenvalue weighted by Gasteiger charge is -2.25. The van der Waals surface area contributed by atoms with Crippen molar-refractivity contribution in [1.82, 2.24) is 14.5 Å². The molecule has 2 aromatic rings. The van der Waals surface area contributed by atoms with Crippen molar-refractivity contribution >= 4 is 17.0 Å². The number of nitro groups is 1. The molecule has 0 aliphatic carbocycles. The SMILES string of the molecule is O=c1[nH]c2nc([N+](=O)[O-])ccc2n1CC1COC1. The minimum absolute atomic E-state index is 0.245. The molecule has 8 heteroatoms. The Kier molecular flexibility index (Phi) is 2.37. The van der Waals surface area contributed by atoms with Crippen molar-refractivity contribution in [1.29, 1.82) is 0 Å². The standard InChI is InChI=1S/C10H10N4O4/c15-10-12-9-7(1-2-8(11-9)14(16)17)13(10)3-6-4-18-5-6/h1-2,6H,3-5H2,(H,11,12,15). The highest BCUT2D eigenvalue weighted by atomic mass is 16.6. The van der Waals surface area contributed by atoms with E-state index in [4.69, 9.17) is 4.74 Å². The van der Waals surface area contributed by atoms with Gasteiger partial charge in [-0.1, -0.05) is 0 Å². The van der Waals surface area contributed by atoms with Crippen LogP contribution in [0.5, 0.6) is 0 Å². The third-order valence-corrected chi connectivity index (χ3v) is 2.96. The second kappa shape index (κ2) is 3.91. The number of nitrogens with one attached hydrogen (secondary N) is 1. The van der Waals surface area contributed by atoms with Crippen molar-refractivity contribution in [2.24, 2.45) is 5.92 Å². The number of hydrogen-bond donors (Lipinski definition) is 1. The van der Waals surface area contributed by atoms with Crippen molar-refractivity contribution in [3.8, 4) is 0 Å². The Morgan fingerprint density at radius 3 is 2.94 bits per heavy atom.